The molecule has 20 heavy (non-hydrogen) atoms. The van der Waals surface area contributed by atoms with Gasteiger partial charge in [0.1, 0.15) is 5.82 Å². The molecule has 2 aliphatic rings. The Morgan fingerprint density at radius 3 is 2.95 bits per heavy atom. The second-order valence-electron chi connectivity index (χ2n) is 5.88. The van der Waals surface area contributed by atoms with Crippen molar-refractivity contribution in [1.29, 1.82) is 0 Å². The van der Waals surface area contributed by atoms with Crippen molar-refractivity contribution in [2.75, 3.05) is 39.9 Å². The van der Waals surface area contributed by atoms with Crippen LogP contribution in [0, 0.1) is 5.82 Å². The molecule has 0 aromatic carbocycles. The molecule has 3 rings (SSSR count). The third-order valence-electron chi connectivity index (χ3n) is 4.74. The molecule has 0 bridgehead atoms. The second-order valence-corrected chi connectivity index (χ2v) is 5.88. The monoisotopic (exact) mass is 279 g/mol. The summed E-state index contributed by atoms with van der Waals surface area (Å²) in [5.74, 6) is -0.196. The third kappa shape index (κ3) is 2.57. The van der Waals surface area contributed by atoms with Gasteiger partial charge in [0.2, 0.25) is 0 Å². The number of ether oxygens (including phenoxy) is 1. The van der Waals surface area contributed by atoms with Gasteiger partial charge in [-0.15, -0.1) is 0 Å². The molecule has 3 heterocycles. The highest BCUT2D eigenvalue weighted by molar-refractivity contribution is 5.14. The van der Waals surface area contributed by atoms with E-state index in [1.165, 1.54) is 25.6 Å². The molecule has 1 aromatic heterocycles. The predicted octanol–water partition coefficient (Wildman–Crippen LogP) is 1.52. The zero-order valence-corrected chi connectivity index (χ0v) is 12.0. The first-order valence-electron chi connectivity index (χ1n) is 7.28. The van der Waals surface area contributed by atoms with E-state index in [1.807, 2.05) is 0 Å². The molecule has 0 N–H and O–H groups in total. The van der Waals surface area contributed by atoms with E-state index in [0.29, 0.717) is 12.1 Å². The lowest BCUT2D eigenvalue weighted by Gasteiger charge is -2.51. The quantitative estimate of drug-likeness (QED) is 0.817. The lowest BCUT2D eigenvalue weighted by molar-refractivity contribution is -0.0227. The van der Waals surface area contributed by atoms with Crippen LogP contribution in [-0.4, -0.2) is 60.2 Å². The van der Waals surface area contributed by atoms with Crippen LogP contribution in [0.5, 0.6) is 0 Å². The van der Waals surface area contributed by atoms with Crippen LogP contribution < -0.4 is 0 Å². The minimum atomic E-state index is -0.196. The van der Waals surface area contributed by atoms with Crippen molar-refractivity contribution >= 4 is 0 Å². The summed E-state index contributed by atoms with van der Waals surface area (Å²) in [6, 6.07) is 1.78. The molecular weight excluding hydrogens is 257 g/mol. The van der Waals surface area contributed by atoms with E-state index in [4.69, 9.17) is 4.74 Å². The van der Waals surface area contributed by atoms with Crippen LogP contribution in [0.4, 0.5) is 4.39 Å². The molecule has 0 amide bonds. The molecule has 4 nitrogen and oxygen atoms in total. The van der Waals surface area contributed by atoms with E-state index in [9.17, 15) is 4.39 Å². The Morgan fingerprint density at radius 1 is 1.40 bits per heavy atom. The lowest BCUT2D eigenvalue weighted by atomic mass is 9.84. The Kier molecular flexibility index (Phi) is 4.01. The van der Waals surface area contributed by atoms with E-state index < -0.39 is 0 Å². The van der Waals surface area contributed by atoms with Gasteiger partial charge in [-0.2, -0.15) is 0 Å². The van der Waals surface area contributed by atoms with Crippen molar-refractivity contribution in [3.8, 4) is 0 Å². The Balaban J connectivity index is 1.58. The second kappa shape index (κ2) is 5.76. The fourth-order valence-corrected chi connectivity index (χ4v) is 3.45. The number of methoxy groups -OCH3 is 1. The molecule has 1 spiro atoms. The van der Waals surface area contributed by atoms with Crippen molar-refractivity contribution < 1.29 is 9.13 Å². The molecule has 0 saturated carbocycles. The van der Waals surface area contributed by atoms with Gasteiger partial charge >= 0.3 is 0 Å². The molecule has 0 aliphatic carbocycles. The fraction of sp³-hybridized carbons (Fsp3) is 0.667. The minimum Gasteiger partial charge on any atom is -0.383 e. The summed E-state index contributed by atoms with van der Waals surface area (Å²) in [6.45, 7) is 5.74. The van der Waals surface area contributed by atoms with Gasteiger partial charge < -0.3 is 4.74 Å². The number of rotatable bonds is 5. The number of hydrogen-bond acceptors (Lipinski definition) is 4. The Hall–Kier alpha value is -1.04. The summed E-state index contributed by atoms with van der Waals surface area (Å²) in [5.41, 5.74) is 1.07. The van der Waals surface area contributed by atoms with Gasteiger partial charge in [-0.25, -0.2) is 4.39 Å². The molecule has 2 fully saturated rings. The Labute approximate surface area is 119 Å². The maximum atomic E-state index is 13.7. The van der Waals surface area contributed by atoms with Crippen molar-refractivity contribution in [3.05, 3.63) is 29.8 Å². The maximum Gasteiger partial charge on any atom is 0.145 e. The van der Waals surface area contributed by atoms with Gasteiger partial charge in [-0.05, 0) is 18.9 Å². The average Bonchev–Trinajstić information content (AvgIpc) is 2.87. The summed E-state index contributed by atoms with van der Waals surface area (Å²) < 4.78 is 18.8. The Bertz CT molecular complexity index is 470. The van der Waals surface area contributed by atoms with Crippen LogP contribution in [0.25, 0.3) is 0 Å². The summed E-state index contributed by atoms with van der Waals surface area (Å²) >= 11 is 0. The molecular formula is C15H22FN3O. The van der Waals surface area contributed by atoms with E-state index in [0.717, 1.165) is 31.8 Å². The first kappa shape index (κ1) is 13.9. The zero-order valence-electron chi connectivity index (χ0n) is 12.0. The number of pyridine rings is 1. The number of halogens is 1. The van der Waals surface area contributed by atoms with Crippen LogP contribution in [0.3, 0.4) is 0 Å². The van der Waals surface area contributed by atoms with Gasteiger partial charge in [-0.1, -0.05) is 0 Å². The minimum absolute atomic E-state index is 0.196. The number of likely N-dealkylation sites (tertiary alicyclic amines) is 2. The number of hydrogen-bond donors (Lipinski definition) is 0. The predicted molar refractivity (Wildman–Crippen MR) is 74.9 cm³/mol. The van der Waals surface area contributed by atoms with Crippen LogP contribution >= 0.6 is 0 Å². The van der Waals surface area contributed by atoms with E-state index >= 15 is 0 Å². The summed E-state index contributed by atoms with van der Waals surface area (Å²) in [6.07, 6.45) is 5.41. The topological polar surface area (TPSA) is 28.6 Å². The van der Waals surface area contributed by atoms with E-state index in [2.05, 4.69) is 14.8 Å². The zero-order chi connectivity index (χ0) is 14.0. The van der Waals surface area contributed by atoms with Crippen LogP contribution in [-0.2, 0) is 11.3 Å². The lowest BCUT2D eigenvalue weighted by Crippen LogP contribution is -2.61. The van der Waals surface area contributed by atoms with E-state index in [-0.39, 0.29) is 5.82 Å². The molecule has 1 unspecified atom stereocenters. The normalized spacial score (nSPS) is 27.1. The highest BCUT2D eigenvalue weighted by atomic mass is 19.1. The molecule has 110 valence electrons. The van der Waals surface area contributed by atoms with Crippen molar-refractivity contribution in [2.24, 2.45) is 0 Å². The van der Waals surface area contributed by atoms with Crippen LogP contribution in [0.15, 0.2) is 18.5 Å². The molecule has 1 atom stereocenters. The van der Waals surface area contributed by atoms with Gasteiger partial charge in [0.05, 0.1) is 12.8 Å². The smallest absolute Gasteiger partial charge is 0.145 e. The number of nitrogens with zero attached hydrogens (tertiary/aromatic N) is 3. The van der Waals surface area contributed by atoms with Crippen LogP contribution in [0.1, 0.15) is 18.4 Å². The molecule has 1 aromatic rings. The largest absolute Gasteiger partial charge is 0.383 e. The summed E-state index contributed by atoms with van der Waals surface area (Å²) in [4.78, 5) is 8.69. The van der Waals surface area contributed by atoms with E-state index in [1.54, 1.807) is 19.4 Å². The highest BCUT2D eigenvalue weighted by Gasteiger charge is 2.48. The van der Waals surface area contributed by atoms with Crippen LogP contribution in [0.2, 0.25) is 0 Å². The first-order valence-corrected chi connectivity index (χ1v) is 7.28. The molecule has 5 heteroatoms. The number of aromatic nitrogens is 1. The summed E-state index contributed by atoms with van der Waals surface area (Å²) in [7, 11) is 1.75. The molecule has 0 radical (unpaired) electrons. The highest BCUT2D eigenvalue weighted by Crippen LogP contribution is 2.39. The molecule has 2 saturated heterocycles. The fourth-order valence-electron chi connectivity index (χ4n) is 3.45. The maximum absolute atomic E-state index is 13.7. The first-order chi connectivity index (χ1) is 9.73. The third-order valence-corrected chi connectivity index (χ3v) is 4.74. The van der Waals surface area contributed by atoms with Crippen molar-refractivity contribution in [2.45, 2.75) is 24.9 Å². The SMILES string of the molecule is COCCN1CCC12CCN(Cc1ccncc1F)C2. The van der Waals surface area contributed by atoms with Crippen molar-refractivity contribution in [1.82, 2.24) is 14.8 Å². The van der Waals surface area contributed by atoms with Crippen molar-refractivity contribution in [3.63, 3.8) is 0 Å². The van der Waals surface area contributed by atoms with Gasteiger partial charge in [0.15, 0.2) is 0 Å². The average molecular weight is 279 g/mol. The molecule has 2 aliphatic heterocycles. The summed E-state index contributed by atoms with van der Waals surface area (Å²) in [5, 5.41) is 0. The van der Waals surface area contributed by atoms with Gasteiger partial charge in [-0.3, -0.25) is 14.8 Å². The standard InChI is InChI=1S/C15H22FN3O/c1-20-9-8-19-7-4-15(19)3-6-18(12-15)11-13-2-5-17-10-14(13)16/h2,5,10H,3-4,6-9,11-12H2,1H3. The van der Waals surface area contributed by atoms with Gasteiger partial charge in [0, 0.05) is 57.1 Å². The Morgan fingerprint density at radius 2 is 2.25 bits per heavy atom. The van der Waals surface area contributed by atoms with Gasteiger partial charge in [0.25, 0.3) is 0 Å².